The molecule has 1 atom stereocenters. The van der Waals surface area contributed by atoms with Crippen molar-refractivity contribution >= 4 is 17.3 Å². The molecule has 0 N–H and O–H groups in total. The highest BCUT2D eigenvalue weighted by Gasteiger charge is 2.41. The van der Waals surface area contributed by atoms with E-state index in [4.69, 9.17) is 16.9 Å². The smallest absolute Gasteiger partial charge is 0.0706 e. The van der Waals surface area contributed by atoms with Gasteiger partial charge in [0.25, 0.3) is 0 Å². The Balaban J connectivity index is 2.34. The summed E-state index contributed by atoms with van der Waals surface area (Å²) in [7, 11) is 0. The maximum Gasteiger partial charge on any atom is 0.0706 e. The highest BCUT2D eigenvalue weighted by molar-refractivity contribution is 6.30. The Labute approximate surface area is 101 Å². The molecule has 0 aromatic heterocycles. The van der Waals surface area contributed by atoms with Crippen molar-refractivity contribution in [2.24, 2.45) is 5.92 Å². The van der Waals surface area contributed by atoms with E-state index in [1.165, 1.54) is 0 Å². The largest absolute Gasteiger partial charge is 0.365 e. The molecular weight excluding hydrogens is 220 g/mol. The molecule has 16 heavy (non-hydrogen) atoms. The standard InChI is InChI=1S/C13H15ClN2/c1-13(2)10(9-15)6-7-16(13)12-5-3-4-11(14)8-12/h3-5,8,10H,6-7H2,1-2H3. The molecule has 0 amide bonds. The summed E-state index contributed by atoms with van der Waals surface area (Å²) >= 11 is 5.99. The van der Waals surface area contributed by atoms with Crippen LogP contribution in [0.4, 0.5) is 5.69 Å². The Morgan fingerprint density at radius 1 is 1.50 bits per heavy atom. The Kier molecular flexibility index (Phi) is 2.82. The molecule has 84 valence electrons. The van der Waals surface area contributed by atoms with Crippen LogP contribution in [0.2, 0.25) is 5.02 Å². The summed E-state index contributed by atoms with van der Waals surface area (Å²) in [5.74, 6) is 0.0893. The fourth-order valence-corrected chi connectivity index (χ4v) is 2.60. The minimum Gasteiger partial charge on any atom is -0.365 e. The molecule has 1 fully saturated rings. The maximum absolute atomic E-state index is 9.12. The average molecular weight is 235 g/mol. The van der Waals surface area contributed by atoms with Crippen LogP contribution in [0.25, 0.3) is 0 Å². The molecule has 2 rings (SSSR count). The maximum atomic E-state index is 9.12. The highest BCUT2D eigenvalue weighted by Crippen LogP contribution is 2.38. The number of hydrogen-bond donors (Lipinski definition) is 0. The predicted molar refractivity (Wildman–Crippen MR) is 66.6 cm³/mol. The van der Waals surface area contributed by atoms with Gasteiger partial charge in [-0.05, 0) is 38.5 Å². The van der Waals surface area contributed by atoms with E-state index in [9.17, 15) is 0 Å². The summed E-state index contributed by atoms with van der Waals surface area (Å²) in [6.45, 7) is 5.16. The van der Waals surface area contributed by atoms with Crippen molar-refractivity contribution in [3.8, 4) is 6.07 Å². The lowest BCUT2D eigenvalue weighted by Crippen LogP contribution is -2.42. The summed E-state index contributed by atoms with van der Waals surface area (Å²) in [4.78, 5) is 2.27. The topological polar surface area (TPSA) is 27.0 Å². The zero-order valence-corrected chi connectivity index (χ0v) is 10.3. The minimum absolute atomic E-state index is 0.0893. The fourth-order valence-electron chi connectivity index (χ4n) is 2.42. The van der Waals surface area contributed by atoms with E-state index >= 15 is 0 Å². The van der Waals surface area contributed by atoms with E-state index in [0.717, 1.165) is 23.7 Å². The molecule has 1 aliphatic rings. The van der Waals surface area contributed by atoms with E-state index in [-0.39, 0.29) is 11.5 Å². The number of benzene rings is 1. The van der Waals surface area contributed by atoms with Crippen LogP contribution in [-0.4, -0.2) is 12.1 Å². The van der Waals surface area contributed by atoms with Crippen molar-refractivity contribution in [3.63, 3.8) is 0 Å². The Morgan fingerprint density at radius 3 is 2.81 bits per heavy atom. The third-order valence-corrected chi connectivity index (χ3v) is 3.70. The van der Waals surface area contributed by atoms with Gasteiger partial charge in [-0.1, -0.05) is 17.7 Å². The van der Waals surface area contributed by atoms with Crippen LogP contribution < -0.4 is 4.90 Å². The van der Waals surface area contributed by atoms with E-state index in [0.29, 0.717) is 0 Å². The van der Waals surface area contributed by atoms with Gasteiger partial charge in [-0.25, -0.2) is 0 Å². The molecule has 1 unspecified atom stereocenters. The van der Waals surface area contributed by atoms with Crippen LogP contribution in [0.1, 0.15) is 20.3 Å². The first-order chi connectivity index (χ1) is 7.55. The third-order valence-electron chi connectivity index (χ3n) is 3.47. The van der Waals surface area contributed by atoms with Gasteiger partial charge in [-0.15, -0.1) is 0 Å². The SMILES string of the molecule is CC1(C)C(C#N)CCN1c1cccc(Cl)c1. The summed E-state index contributed by atoms with van der Waals surface area (Å²) in [5.41, 5.74) is 0.995. The average Bonchev–Trinajstić information content (AvgIpc) is 2.53. The van der Waals surface area contributed by atoms with Gasteiger partial charge in [0, 0.05) is 17.3 Å². The Bertz CT molecular complexity index is 434. The van der Waals surface area contributed by atoms with Crippen LogP contribution >= 0.6 is 11.6 Å². The molecule has 0 spiro atoms. The molecule has 0 saturated carbocycles. The van der Waals surface area contributed by atoms with E-state index < -0.39 is 0 Å². The fraction of sp³-hybridized carbons (Fsp3) is 0.462. The number of anilines is 1. The Morgan fingerprint density at radius 2 is 2.25 bits per heavy atom. The van der Waals surface area contributed by atoms with Crippen molar-refractivity contribution in [3.05, 3.63) is 29.3 Å². The number of nitriles is 1. The lowest BCUT2D eigenvalue weighted by molar-refractivity contribution is 0.439. The molecule has 1 aliphatic heterocycles. The normalized spacial score (nSPS) is 23.1. The lowest BCUT2D eigenvalue weighted by Gasteiger charge is -2.35. The second-order valence-corrected chi connectivity index (χ2v) is 5.19. The summed E-state index contributed by atoms with van der Waals surface area (Å²) in [6.07, 6.45) is 0.927. The van der Waals surface area contributed by atoms with E-state index in [1.807, 2.05) is 24.3 Å². The van der Waals surface area contributed by atoms with Gasteiger partial charge in [0.15, 0.2) is 0 Å². The summed E-state index contributed by atoms with van der Waals surface area (Å²) < 4.78 is 0. The second kappa shape index (κ2) is 3.99. The molecule has 1 saturated heterocycles. The van der Waals surface area contributed by atoms with E-state index in [1.54, 1.807) is 0 Å². The van der Waals surface area contributed by atoms with E-state index in [2.05, 4.69) is 24.8 Å². The second-order valence-electron chi connectivity index (χ2n) is 4.76. The molecule has 3 heteroatoms. The molecule has 1 heterocycles. The third kappa shape index (κ3) is 1.76. The number of nitrogens with zero attached hydrogens (tertiary/aromatic N) is 2. The Hall–Kier alpha value is -1.20. The van der Waals surface area contributed by atoms with Gasteiger partial charge in [-0.2, -0.15) is 5.26 Å². The lowest BCUT2D eigenvalue weighted by atomic mass is 9.89. The molecule has 1 aromatic carbocycles. The number of rotatable bonds is 1. The zero-order chi connectivity index (χ0) is 11.8. The summed E-state index contributed by atoms with van der Waals surface area (Å²) in [5, 5.41) is 9.86. The summed E-state index contributed by atoms with van der Waals surface area (Å²) in [6, 6.07) is 10.2. The van der Waals surface area contributed by atoms with Crippen molar-refractivity contribution in [2.45, 2.75) is 25.8 Å². The van der Waals surface area contributed by atoms with Crippen molar-refractivity contribution in [2.75, 3.05) is 11.4 Å². The first-order valence-corrected chi connectivity index (χ1v) is 5.86. The molecule has 0 radical (unpaired) electrons. The van der Waals surface area contributed by atoms with Crippen LogP contribution in [0, 0.1) is 17.2 Å². The minimum atomic E-state index is -0.112. The van der Waals surface area contributed by atoms with Gasteiger partial charge >= 0.3 is 0 Å². The van der Waals surface area contributed by atoms with Gasteiger partial charge in [0.2, 0.25) is 0 Å². The van der Waals surface area contributed by atoms with Crippen LogP contribution in [0.3, 0.4) is 0 Å². The van der Waals surface area contributed by atoms with Gasteiger partial charge in [0.1, 0.15) is 0 Å². The zero-order valence-electron chi connectivity index (χ0n) is 9.57. The quantitative estimate of drug-likeness (QED) is 0.744. The van der Waals surface area contributed by atoms with Crippen LogP contribution in [-0.2, 0) is 0 Å². The van der Waals surface area contributed by atoms with Gasteiger partial charge < -0.3 is 4.90 Å². The molecular formula is C13H15ClN2. The van der Waals surface area contributed by atoms with Crippen LogP contribution in [0.15, 0.2) is 24.3 Å². The molecule has 1 aromatic rings. The van der Waals surface area contributed by atoms with Gasteiger partial charge in [-0.3, -0.25) is 0 Å². The number of halogens is 1. The molecule has 2 nitrogen and oxygen atoms in total. The van der Waals surface area contributed by atoms with Crippen molar-refractivity contribution < 1.29 is 0 Å². The molecule has 0 aliphatic carbocycles. The predicted octanol–water partition coefficient (Wildman–Crippen LogP) is 3.47. The van der Waals surface area contributed by atoms with Crippen molar-refractivity contribution in [1.82, 2.24) is 0 Å². The highest BCUT2D eigenvalue weighted by atomic mass is 35.5. The van der Waals surface area contributed by atoms with Crippen LogP contribution in [0.5, 0.6) is 0 Å². The van der Waals surface area contributed by atoms with Gasteiger partial charge in [0.05, 0.1) is 17.5 Å². The molecule has 0 bridgehead atoms. The first kappa shape index (κ1) is 11.3. The number of hydrogen-bond acceptors (Lipinski definition) is 2. The van der Waals surface area contributed by atoms with Crippen molar-refractivity contribution in [1.29, 1.82) is 5.26 Å². The monoisotopic (exact) mass is 234 g/mol. The first-order valence-electron chi connectivity index (χ1n) is 5.48.